The molecule has 1 heterocycles. The van der Waals surface area contributed by atoms with E-state index < -0.39 is 0 Å². The molecular formula is C18H17N2O+. The van der Waals surface area contributed by atoms with Crippen LogP contribution in [0.2, 0.25) is 0 Å². The number of phenolic OH excluding ortho intramolecular Hbond substituents is 1. The predicted molar refractivity (Wildman–Crippen MR) is 85.2 cm³/mol. The number of aromatic hydroxyl groups is 1. The van der Waals surface area contributed by atoms with E-state index in [1.165, 1.54) is 10.9 Å². The van der Waals surface area contributed by atoms with Crippen molar-refractivity contribution in [3.63, 3.8) is 0 Å². The van der Waals surface area contributed by atoms with Gasteiger partial charge in [-0.1, -0.05) is 12.1 Å². The molecule has 1 aromatic heterocycles. The molecule has 3 heteroatoms. The number of fused-ring (bicyclic) bond motifs is 1. The summed E-state index contributed by atoms with van der Waals surface area (Å²) in [5.74, 6) is 0.266. The number of aryl methyl sites for hydroxylation is 2. The van der Waals surface area contributed by atoms with Gasteiger partial charge in [-0.2, -0.15) is 4.57 Å². The summed E-state index contributed by atoms with van der Waals surface area (Å²) in [6, 6.07) is 17.6. The molecule has 2 aromatic carbocycles. The van der Waals surface area contributed by atoms with Crippen LogP contribution in [-0.4, -0.2) is 11.3 Å². The molecule has 0 aliphatic rings. The molecule has 0 saturated carbocycles. The zero-order valence-corrected chi connectivity index (χ0v) is 12.1. The van der Waals surface area contributed by atoms with Gasteiger partial charge in [0.15, 0.2) is 0 Å². The molecule has 0 unspecified atom stereocenters. The van der Waals surface area contributed by atoms with Crippen molar-refractivity contribution < 1.29 is 9.67 Å². The quantitative estimate of drug-likeness (QED) is 0.565. The van der Waals surface area contributed by atoms with E-state index in [-0.39, 0.29) is 5.75 Å². The van der Waals surface area contributed by atoms with Crippen molar-refractivity contribution in [2.45, 2.75) is 6.92 Å². The van der Waals surface area contributed by atoms with Crippen LogP contribution < -0.4 is 4.57 Å². The third kappa shape index (κ3) is 2.63. The van der Waals surface area contributed by atoms with Gasteiger partial charge in [0.1, 0.15) is 12.8 Å². The minimum absolute atomic E-state index is 0.266. The van der Waals surface area contributed by atoms with E-state index >= 15 is 0 Å². The lowest BCUT2D eigenvalue weighted by Crippen LogP contribution is -2.34. The number of aromatic nitrogens is 1. The Labute approximate surface area is 123 Å². The molecule has 3 rings (SSSR count). The predicted octanol–water partition coefficient (Wildman–Crippen LogP) is 3.43. The Morgan fingerprint density at radius 2 is 1.86 bits per heavy atom. The van der Waals surface area contributed by atoms with Crippen molar-refractivity contribution in [1.29, 1.82) is 0 Å². The summed E-state index contributed by atoms with van der Waals surface area (Å²) in [4.78, 5) is 4.53. The molecular weight excluding hydrogens is 260 g/mol. The number of para-hydroxylation sites is 1. The van der Waals surface area contributed by atoms with Gasteiger partial charge in [0.2, 0.25) is 11.2 Å². The molecule has 3 aromatic rings. The minimum Gasteiger partial charge on any atom is -0.508 e. The largest absolute Gasteiger partial charge is 0.508 e. The average Bonchev–Trinajstić information content (AvgIpc) is 2.48. The van der Waals surface area contributed by atoms with E-state index in [2.05, 4.69) is 33.8 Å². The molecule has 0 fully saturated rings. The monoisotopic (exact) mass is 277 g/mol. The number of nitrogens with zero attached hydrogens (tertiary/aromatic N) is 2. The topological polar surface area (TPSA) is 36.5 Å². The van der Waals surface area contributed by atoms with E-state index in [9.17, 15) is 5.11 Å². The first-order valence-electron chi connectivity index (χ1n) is 6.86. The summed E-state index contributed by atoms with van der Waals surface area (Å²) < 4.78 is 2.12. The van der Waals surface area contributed by atoms with Crippen molar-refractivity contribution in [3.8, 4) is 5.75 Å². The summed E-state index contributed by atoms with van der Waals surface area (Å²) in [6.07, 6.45) is 1.85. The van der Waals surface area contributed by atoms with Crippen LogP contribution in [0.25, 0.3) is 10.9 Å². The van der Waals surface area contributed by atoms with Gasteiger partial charge >= 0.3 is 0 Å². The second-order valence-electron chi connectivity index (χ2n) is 5.11. The first-order chi connectivity index (χ1) is 10.1. The maximum absolute atomic E-state index is 9.43. The second-order valence-corrected chi connectivity index (χ2v) is 5.11. The van der Waals surface area contributed by atoms with Crippen molar-refractivity contribution in [2.24, 2.45) is 12.0 Å². The van der Waals surface area contributed by atoms with Crippen LogP contribution in [0, 0.1) is 6.92 Å². The first-order valence-corrected chi connectivity index (χ1v) is 6.86. The van der Waals surface area contributed by atoms with Crippen LogP contribution >= 0.6 is 0 Å². The molecule has 1 N–H and O–H groups in total. The Hall–Kier alpha value is -2.68. The fourth-order valence-corrected chi connectivity index (χ4v) is 2.41. The smallest absolute Gasteiger partial charge is 0.223 e. The number of pyridine rings is 1. The third-order valence-electron chi connectivity index (χ3n) is 3.64. The summed E-state index contributed by atoms with van der Waals surface area (Å²) >= 11 is 0. The summed E-state index contributed by atoms with van der Waals surface area (Å²) in [5.41, 5.74) is 4.01. The van der Waals surface area contributed by atoms with Crippen molar-refractivity contribution >= 4 is 22.8 Å². The van der Waals surface area contributed by atoms with E-state index in [0.29, 0.717) is 0 Å². The van der Waals surface area contributed by atoms with Crippen LogP contribution in [0.4, 0.5) is 5.69 Å². The lowest BCUT2D eigenvalue weighted by Gasteiger charge is -2.01. The lowest BCUT2D eigenvalue weighted by molar-refractivity contribution is -0.645. The van der Waals surface area contributed by atoms with Crippen LogP contribution in [0.5, 0.6) is 5.75 Å². The van der Waals surface area contributed by atoms with Gasteiger partial charge in [-0.3, -0.25) is 0 Å². The zero-order chi connectivity index (χ0) is 14.8. The van der Waals surface area contributed by atoms with Crippen molar-refractivity contribution in [1.82, 2.24) is 0 Å². The number of rotatable bonds is 2. The van der Waals surface area contributed by atoms with E-state index in [4.69, 9.17) is 0 Å². The molecule has 3 nitrogen and oxygen atoms in total. The maximum Gasteiger partial charge on any atom is 0.223 e. The van der Waals surface area contributed by atoms with Crippen LogP contribution in [0.15, 0.2) is 59.6 Å². The Balaban J connectivity index is 2.01. The second kappa shape index (κ2) is 5.37. The van der Waals surface area contributed by atoms with Gasteiger partial charge < -0.3 is 5.11 Å². The van der Waals surface area contributed by atoms with Gasteiger partial charge in [0.05, 0.1) is 11.9 Å². The summed E-state index contributed by atoms with van der Waals surface area (Å²) in [7, 11) is 2.04. The molecule has 0 aliphatic heterocycles. The Kier molecular flexibility index (Phi) is 3.40. The van der Waals surface area contributed by atoms with Gasteiger partial charge in [-0.25, -0.2) is 4.99 Å². The highest BCUT2D eigenvalue weighted by atomic mass is 16.3. The minimum atomic E-state index is 0.266. The third-order valence-corrected chi connectivity index (χ3v) is 3.64. The molecule has 0 spiro atoms. The normalized spacial score (nSPS) is 11.3. The summed E-state index contributed by atoms with van der Waals surface area (Å²) in [5, 5.41) is 10.6. The standard InChI is InChI=1S/C18H16N2O/c1-13-11-16(21)9-10-17(13)19-12-15-8-7-14-5-3-4-6-18(14)20(15)2/h3-12H,1-2H3/p+1. The molecule has 0 atom stereocenters. The fourth-order valence-electron chi connectivity index (χ4n) is 2.41. The van der Waals surface area contributed by atoms with Crippen LogP contribution in [-0.2, 0) is 7.05 Å². The average molecular weight is 277 g/mol. The molecule has 0 amide bonds. The van der Waals surface area contributed by atoms with Crippen molar-refractivity contribution in [2.75, 3.05) is 0 Å². The van der Waals surface area contributed by atoms with Crippen molar-refractivity contribution in [3.05, 3.63) is 65.9 Å². The highest BCUT2D eigenvalue weighted by molar-refractivity contribution is 5.82. The van der Waals surface area contributed by atoms with E-state index in [1.54, 1.807) is 12.1 Å². The number of phenols is 1. The van der Waals surface area contributed by atoms with Gasteiger partial charge in [-0.15, -0.1) is 0 Å². The molecule has 0 saturated heterocycles. The number of hydrogen-bond acceptors (Lipinski definition) is 2. The lowest BCUT2D eigenvalue weighted by atomic mass is 10.2. The van der Waals surface area contributed by atoms with Gasteiger partial charge in [0.25, 0.3) is 0 Å². The van der Waals surface area contributed by atoms with E-state index in [1.807, 2.05) is 38.4 Å². The molecule has 21 heavy (non-hydrogen) atoms. The van der Waals surface area contributed by atoms with Gasteiger partial charge in [-0.05, 0) is 42.8 Å². The number of aliphatic imine (C=N–C) groups is 1. The molecule has 0 radical (unpaired) electrons. The SMILES string of the molecule is Cc1cc(O)ccc1N=Cc1ccc2ccccc2[n+]1C. The first kappa shape index (κ1) is 13.3. The highest BCUT2D eigenvalue weighted by Gasteiger charge is 2.09. The summed E-state index contributed by atoms with van der Waals surface area (Å²) in [6.45, 7) is 1.94. The Morgan fingerprint density at radius 1 is 1.05 bits per heavy atom. The fraction of sp³-hybridized carbons (Fsp3) is 0.111. The Morgan fingerprint density at radius 3 is 2.67 bits per heavy atom. The van der Waals surface area contributed by atoms with Crippen LogP contribution in [0.1, 0.15) is 11.3 Å². The highest BCUT2D eigenvalue weighted by Crippen LogP contribution is 2.22. The molecule has 0 bridgehead atoms. The zero-order valence-electron chi connectivity index (χ0n) is 12.1. The number of benzene rings is 2. The molecule has 0 aliphatic carbocycles. The maximum atomic E-state index is 9.43. The Bertz CT molecular complexity index is 838. The number of hydrogen-bond donors (Lipinski definition) is 1. The van der Waals surface area contributed by atoms with Gasteiger partial charge in [0, 0.05) is 17.5 Å². The molecule has 104 valence electrons. The van der Waals surface area contributed by atoms with Crippen LogP contribution in [0.3, 0.4) is 0 Å². The van der Waals surface area contributed by atoms with E-state index in [0.717, 1.165) is 16.9 Å².